The number of carboxylic acid groups (broad SMARTS) is 2. The van der Waals surface area contributed by atoms with Crippen LogP contribution >= 0.6 is 0 Å². The molecule has 0 saturated carbocycles. The van der Waals surface area contributed by atoms with Gasteiger partial charge in [0.05, 0.1) is 11.6 Å². The Morgan fingerprint density at radius 3 is 2.12 bits per heavy atom. The van der Waals surface area contributed by atoms with Crippen molar-refractivity contribution in [2.45, 2.75) is 73.6 Å². The Morgan fingerprint density at radius 2 is 1.53 bits per heavy atom. The van der Waals surface area contributed by atoms with Gasteiger partial charge in [-0.05, 0) is 106 Å². The summed E-state index contributed by atoms with van der Waals surface area (Å²) < 4.78 is 0. The van der Waals surface area contributed by atoms with Crippen LogP contribution in [0.5, 0.6) is 0 Å². The van der Waals surface area contributed by atoms with E-state index < -0.39 is 11.9 Å². The lowest BCUT2D eigenvalue weighted by Crippen LogP contribution is -2.16. The van der Waals surface area contributed by atoms with E-state index in [2.05, 4.69) is 20.3 Å². The molecule has 43 heavy (non-hydrogen) atoms. The van der Waals surface area contributed by atoms with E-state index in [0.717, 1.165) is 39.1 Å². The molecule has 0 spiro atoms. The van der Waals surface area contributed by atoms with Crippen LogP contribution in [-0.4, -0.2) is 49.6 Å². The summed E-state index contributed by atoms with van der Waals surface area (Å²) in [6.07, 6.45) is 8.45. The number of aromatic nitrogens is 2. The molecule has 2 aromatic rings. The first kappa shape index (κ1) is 31.2. The average Bonchev–Trinajstić information content (AvgIpc) is 3.59. The lowest BCUT2D eigenvalue weighted by Gasteiger charge is -2.03. The second-order valence-corrected chi connectivity index (χ2v) is 11.0. The molecule has 2 amide bonds. The number of aromatic amines is 2. The maximum absolute atomic E-state index is 12.3. The largest absolute Gasteiger partial charge is 0.481 e. The molecule has 226 valence electrons. The van der Waals surface area contributed by atoms with Gasteiger partial charge < -0.3 is 25.5 Å². The third-order valence-corrected chi connectivity index (χ3v) is 8.35. The number of allylic oxidation sites excluding steroid dienone is 3. The van der Waals surface area contributed by atoms with Crippen LogP contribution in [0.3, 0.4) is 0 Å². The summed E-state index contributed by atoms with van der Waals surface area (Å²) >= 11 is 0. The van der Waals surface area contributed by atoms with Crippen LogP contribution in [0.2, 0.25) is 0 Å². The Balaban J connectivity index is 1.91. The quantitative estimate of drug-likeness (QED) is 0.286. The average molecular weight is 587 g/mol. The number of aliphatic carboxylic acids is 2. The topological polar surface area (TPSA) is 165 Å². The molecule has 5 N–H and O–H groups in total. The molecule has 2 aliphatic rings. The van der Waals surface area contributed by atoms with Gasteiger partial charge in [0.15, 0.2) is 0 Å². The van der Waals surface area contributed by atoms with E-state index in [-0.39, 0.29) is 43.4 Å². The van der Waals surface area contributed by atoms with E-state index in [1.165, 1.54) is 0 Å². The Bertz CT molecular complexity index is 1780. The minimum absolute atomic E-state index is 0.0721. The monoisotopic (exact) mass is 586 g/mol. The summed E-state index contributed by atoms with van der Waals surface area (Å²) in [5, 5.41) is 23.2. The van der Waals surface area contributed by atoms with E-state index >= 15 is 0 Å². The number of hydrogen-bond acceptors (Lipinski definition) is 4. The third kappa shape index (κ3) is 6.38. The predicted molar refractivity (Wildman–Crippen MR) is 165 cm³/mol. The minimum Gasteiger partial charge on any atom is -0.481 e. The molecule has 4 rings (SSSR count). The van der Waals surface area contributed by atoms with E-state index in [4.69, 9.17) is 0 Å². The SMILES string of the molecule is C/C=C1\C(=C\c2[nH]c(/C=c3/[nH]/c(=C/C4=NC(=O)C(CC)=C4C)c(C)c3CCC(=O)O)c(CCC(=O)O)c2C)NC(=O)[C@@H]1C. The molecule has 4 heterocycles. The molecule has 0 unspecified atom stereocenters. The number of amides is 2. The van der Waals surface area contributed by atoms with Gasteiger partial charge in [-0.3, -0.25) is 19.2 Å². The number of nitrogens with zero attached hydrogens (tertiary/aromatic N) is 1. The second kappa shape index (κ2) is 12.6. The Hall–Kier alpha value is -4.73. The fraction of sp³-hybridized carbons (Fsp3) is 0.364. The zero-order chi connectivity index (χ0) is 31.6. The summed E-state index contributed by atoms with van der Waals surface area (Å²) in [4.78, 5) is 58.8. The Kier molecular flexibility index (Phi) is 9.18. The van der Waals surface area contributed by atoms with Crippen LogP contribution in [0.1, 0.15) is 80.6 Å². The van der Waals surface area contributed by atoms with E-state index in [9.17, 15) is 29.4 Å². The van der Waals surface area contributed by atoms with E-state index in [1.807, 2.05) is 65.8 Å². The van der Waals surface area contributed by atoms with Gasteiger partial charge in [0.1, 0.15) is 0 Å². The fourth-order valence-corrected chi connectivity index (χ4v) is 5.77. The summed E-state index contributed by atoms with van der Waals surface area (Å²) in [5.41, 5.74) is 8.40. The maximum Gasteiger partial charge on any atom is 0.303 e. The van der Waals surface area contributed by atoms with E-state index in [1.54, 1.807) is 0 Å². The molecule has 1 fully saturated rings. The Labute approximate surface area is 249 Å². The number of nitrogens with one attached hydrogen (secondary N) is 3. The molecule has 10 heteroatoms. The molecular formula is C33H38N4O6. The Morgan fingerprint density at radius 1 is 0.884 bits per heavy atom. The highest BCUT2D eigenvalue weighted by Crippen LogP contribution is 2.29. The highest BCUT2D eigenvalue weighted by atomic mass is 16.4. The van der Waals surface area contributed by atoms with Crippen molar-refractivity contribution in [2.24, 2.45) is 10.9 Å². The van der Waals surface area contributed by atoms with Gasteiger partial charge >= 0.3 is 11.9 Å². The van der Waals surface area contributed by atoms with Gasteiger partial charge in [-0.15, -0.1) is 0 Å². The summed E-state index contributed by atoms with van der Waals surface area (Å²) in [7, 11) is 0. The van der Waals surface area contributed by atoms with Crippen molar-refractivity contribution < 1.29 is 29.4 Å². The van der Waals surface area contributed by atoms with Gasteiger partial charge in [0.2, 0.25) is 5.91 Å². The summed E-state index contributed by atoms with van der Waals surface area (Å²) in [5.74, 6) is -2.44. The normalized spacial score (nSPS) is 19.8. The number of carbonyl (C=O) groups excluding carboxylic acids is 2. The first-order valence-corrected chi connectivity index (χ1v) is 14.4. The number of H-pyrrole nitrogens is 2. The fourth-order valence-electron chi connectivity index (χ4n) is 5.77. The highest BCUT2D eigenvalue weighted by molar-refractivity contribution is 6.30. The number of carboxylic acids is 2. The minimum atomic E-state index is -0.923. The van der Waals surface area contributed by atoms with Crippen LogP contribution in [0.15, 0.2) is 33.5 Å². The van der Waals surface area contributed by atoms with Crippen molar-refractivity contribution in [1.29, 1.82) is 0 Å². The predicted octanol–water partition coefficient (Wildman–Crippen LogP) is 3.36. The van der Waals surface area contributed by atoms with E-state index in [0.29, 0.717) is 39.8 Å². The molecule has 2 aliphatic heterocycles. The first-order valence-electron chi connectivity index (χ1n) is 14.4. The zero-order valence-corrected chi connectivity index (χ0v) is 25.4. The molecule has 0 radical (unpaired) electrons. The number of carbonyl (C=O) groups is 4. The number of hydrogen-bond donors (Lipinski definition) is 5. The molecule has 1 atom stereocenters. The molecular weight excluding hydrogens is 548 g/mol. The van der Waals surface area contributed by atoms with Crippen LogP contribution in [0.25, 0.3) is 18.2 Å². The molecule has 1 saturated heterocycles. The van der Waals surface area contributed by atoms with Crippen LogP contribution in [0.4, 0.5) is 0 Å². The van der Waals surface area contributed by atoms with Gasteiger partial charge in [0, 0.05) is 46.2 Å². The van der Waals surface area contributed by atoms with Gasteiger partial charge in [-0.2, -0.15) is 0 Å². The molecule has 0 aromatic carbocycles. The second-order valence-electron chi connectivity index (χ2n) is 11.0. The first-order chi connectivity index (χ1) is 20.4. The van der Waals surface area contributed by atoms with Crippen molar-refractivity contribution >= 4 is 47.7 Å². The lowest BCUT2D eigenvalue weighted by molar-refractivity contribution is -0.138. The molecule has 10 nitrogen and oxygen atoms in total. The third-order valence-electron chi connectivity index (χ3n) is 8.35. The van der Waals surface area contributed by atoms with Crippen molar-refractivity contribution in [1.82, 2.24) is 15.3 Å². The van der Waals surface area contributed by atoms with Crippen LogP contribution in [-0.2, 0) is 32.0 Å². The van der Waals surface area contributed by atoms with Gasteiger partial charge in [-0.1, -0.05) is 13.0 Å². The standard InChI is InChI=1S/C33H38N4O6/c1-7-20-19(6)32(42)37-27(20)14-25-18(5)23(10-12-31(40)41)29(35-25)15-28-22(9-11-30(38)39)17(4)24(34-28)13-26-16(3)21(8-2)33(43)36-26/h7,13-15,19,34-35H,8-12H2,1-6H3,(H,37,42)(H,38,39)(H,40,41)/b20-7-,24-13+,27-14-,28-15+/t19-/m1/s1. The molecule has 0 bridgehead atoms. The van der Waals surface area contributed by atoms with Gasteiger partial charge in [0.25, 0.3) is 5.91 Å². The maximum atomic E-state index is 12.3. The summed E-state index contributed by atoms with van der Waals surface area (Å²) in [6, 6.07) is 0. The number of aliphatic imine (C=N–C) groups is 1. The van der Waals surface area contributed by atoms with Crippen LogP contribution < -0.4 is 16.0 Å². The van der Waals surface area contributed by atoms with Crippen LogP contribution in [0, 0.1) is 19.8 Å². The highest BCUT2D eigenvalue weighted by Gasteiger charge is 2.29. The summed E-state index contributed by atoms with van der Waals surface area (Å²) in [6.45, 7) is 11.3. The zero-order valence-electron chi connectivity index (χ0n) is 25.4. The lowest BCUT2D eigenvalue weighted by atomic mass is 10.00. The number of rotatable bonds is 10. The molecule has 0 aliphatic carbocycles. The van der Waals surface area contributed by atoms with Gasteiger partial charge in [-0.25, -0.2) is 4.99 Å². The van der Waals surface area contributed by atoms with Crippen molar-refractivity contribution in [3.8, 4) is 0 Å². The smallest absolute Gasteiger partial charge is 0.303 e. The van der Waals surface area contributed by atoms with Crippen molar-refractivity contribution in [2.75, 3.05) is 0 Å². The van der Waals surface area contributed by atoms with Crippen molar-refractivity contribution in [3.05, 3.63) is 72.8 Å². The van der Waals surface area contributed by atoms with Crippen molar-refractivity contribution in [3.63, 3.8) is 0 Å². The molecule has 2 aromatic heterocycles.